The molecule has 6 heteroatoms. The minimum atomic E-state index is -0.379. The SMILES string of the molecule is C[C@@H]1CCCC[C@@H]1OC(=O)Nc1ccc(Cc2ccc(NC(=O)O[C@@H]3CCCC[C@H]3C)cc2)cc1. The first kappa shape index (κ1) is 25.1. The van der Waals surface area contributed by atoms with Crippen LogP contribution in [0, 0.1) is 11.8 Å². The quantitative estimate of drug-likeness (QED) is 0.450. The number of anilines is 2. The molecule has 0 unspecified atom stereocenters. The van der Waals surface area contributed by atoms with Gasteiger partial charge in [-0.25, -0.2) is 9.59 Å². The summed E-state index contributed by atoms with van der Waals surface area (Å²) in [5, 5.41) is 5.69. The molecule has 4 rings (SSSR count). The summed E-state index contributed by atoms with van der Waals surface area (Å²) in [5.41, 5.74) is 3.73. The summed E-state index contributed by atoms with van der Waals surface area (Å²) >= 11 is 0. The van der Waals surface area contributed by atoms with Crippen LogP contribution in [0.1, 0.15) is 76.3 Å². The number of hydrogen-bond donors (Lipinski definition) is 2. The summed E-state index contributed by atoms with van der Waals surface area (Å²) in [7, 11) is 0. The van der Waals surface area contributed by atoms with Crippen molar-refractivity contribution in [3.8, 4) is 0 Å². The topological polar surface area (TPSA) is 76.7 Å². The van der Waals surface area contributed by atoms with Crippen LogP contribution in [-0.4, -0.2) is 24.4 Å². The Labute approximate surface area is 208 Å². The van der Waals surface area contributed by atoms with E-state index >= 15 is 0 Å². The molecule has 2 saturated carbocycles. The summed E-state index contributed by atoms with van der Waals surface area (Å²) < 4.78 is 11.3. The Balaban J connectivity index is 1.23. The van der Waals surface area contributed by atoms with Crippen LogP contribution in [0.25, 0.3) is 0 Å². The highest BCUT2D eigenvalue weighted by Gasteiger charge is 2.25. The van der Waals surface area contributed by atoms with Crippen molar-refractivity contribution < 1.29 is 19.1 Å². The van der Waals surface area contributed by atoms with Crippen LogP contribution in [0.15, 0.2) is 48.5 Å². The first-order valence-corrected chi connectivity index (χ1v) is 13.1. The second-order valence-corrected chi connectivity index (χ2v) is 10.2. The molecule has 2 fully saturated rings. The van der Waals surface area contributed by atoms with E-state index in [0.29, 0.717) is 11.8 Å². The van der Waals surface area contributed by atoms with E-state index in [4.69, 9.17) is 9.47 Å². The Morgan fingerprint density at radius 2 is 1.03 bits per heavy atom. The highest BCUT2D eigenvalue weighted by Crippen LogP contribution is 2.28. The molecule has 2 aromatic carbocycles. The van der Waals surface area contributed by atoms with Gasteiger partial charge in [0.2, 0.25) is 0 Å². The molecule has 2 N–H and O–H groups in total. The smallest absolute Gasteiger partial charge is 0.411 e. The zero-order valence-corrected chi connectivity index (χ0v) is 20.9. The number of carbonyl (C=O) groups excluding carboxylic acids is 2. The highest BCUT2D eigenvalue weighted by molar-refractivity contribution is 5.85. The third-order valence-corrected chi connectivity index (χ3v) is 7.39. The number of carbonyl (C=O) groups is 2. The zero-order chi connectivity index (χ0) is 24.6. The molecule has 0 radical (unpaired) electrons. The number of benzene rings is 2. The van der Waals surface area contributed by atoms with Crippen LogP contribution in [0.5, 0.6) is 0 Å². The average molecular weight is 479 g/mol. The molecule has 2 aromatic rings. The Kier molecular flexibility index (Phi) is 8.67. The predicted octanol–water partition coefficient (Wildman–Crippen LogP) is 7.53. The van der Waals surface area contributed by atoms with Gasteiger partial charge in [-0.3, -0.25) is 10.6 Å². The van der Waals surface area contributed by atoms with Crippen LogP contribution >= 0.6 is 0 Å². The van der Waals surface area contributed by atoms with Crippen molar-refractivity contribution in [2.45, 2.75) is 83.8 Å². The van der Waals surface area contributed by atoms with Crippen molar-refractivity contribution in [1.29, 1.82) is 0 Å². The number of ether oxygens (including phenoxy) is 2. The van der Waals surface area contributed by atoms with Gasteiger partial charge < -0.3 is 9.47 Å². The Morgan fingerprint density at radius 1 is 0.657 bits per heavy atom. The second kappa shape index (κ2) is 12.1. The summed E-state index contributed by atoms with van der Waals surface area (Å²) in [4.78, 5) is 24.5. The molecule has 188 valence electrons. The summed E-state index contributed by atoms with van der Waals surface area (Å²) in [5.74, 6) is 0.842. The normalized spacial score (nSPS) is 24.3. The van der Waals surface area contributed by atoms with E-state index in [2.05, 4.69) is 24.5 Å². The van der Waals surface area contributed by atoms with Gasteiger partial charge in [-0.1, -0.05) is 51.0 Å². The first-order chi connectivity index (χ1) is 17.0. The molecule has 0 heterocycles. The van der Waals surface area contributed by atoms with Crippen molar-refractivity contribution in [2.24, 2.45) is 11.8 Å². The maximum Gasteiger partial charge on any atom is 0.411 e. The Hall–Kier alpha value is -3.02. The van der Waals surface area contributed by atoms with E-state index < -0.39 is 0 Å². The van der Waals surface area contributed by atoms with Crippen molar-refractivity contribution in [3.63, 3.8) is 0 Å². The molecule has 2 aliphatic rings. The van der Waals surface area contributed by atoms with Gasteiger partial charge in [-0.15, -0.1) is 0 Å². The number of amides is 2. The van der Waals surface area contributed by atoms with Gasteiger partial charge in [0.15, 0.2) is 0 Å². The molecule has 2 amide bonds. The molecular weight excluding hydrogens is 440 g/mol. The van der Waals surface area contributed by atoms with E-state index in [1.807, 2.05) is 48.5 Å². The molecule has 35 heavy (non-hydrogen) atoms. The largest absolute Gasteiger partial charge is 0.446 e. The molecule has 4 atom stereocenters. The van der Waals surface area contributed by atoms with Gasteiger partial charge in [-0.2, -0.15) is 0 Å². The highest BCUT2D eigenvalue weighted by atomic mass is 16.6. The molecule has 0 aromatic heterocycles. The molecule has 2 aliphatic carbocycles. The van der Waals surface area contributed by atoms with Crippen molar-refractivity contribution in [2.75, 3.05) is 10.6 Å². The lowest BCUT2D eigenvalue weighted by atomic mass is 9.88. The van der Waals surface area contributed by atoms with Crippen molar-refractivity contribution >= 4 is 23.6 Å². The van der Waals surface area contributed by atoms with E-state index in [-0.39, 0.29) is 24.4 Å². The Bertz CT molecular complexity index is 894. The molecule has 0 saturated heterocycles. The van der Waals surface area contributed by atoms with Gasteiger partial charge in [0, 0.05) is 11.4 Å². The minimum Gasteiger partial charge on any atom is -0.446 e. The van der Waals surface area contributed by atoms with Crippen LogP contribution in [0.2, 0.25) is 0 Å². The number of nitrogens with one attached hydrogen (secondary N) is 2. The lowest BCUT2D eigenvalue weighted by Crippen LogP contribution is -2.30. The minimum absolute atomic E-state index is 0.0122. The van der Waals surface area contributed by atoms with Gasteiger partial charge in [-0.05, 0) is 92.2 Å². The van der Waals surface area contributed by atoms with Gasteiger partial charge in [0.25, 0.3) is 0 Å². The maximum absolute atomic E-state index is 12.3. The third-order valence-electron chi connectivity index (χ3n) is 7.39. The van der Waals surface area contributed by atoms with Crippen molar-refractivity contribution in [1.82, 2.24) is 0 Å². The summed E-state index contributed by atoms with van der Waals surface area (Å²) in [6.07, 6.45) is 8.84. The molecule has 0 spiro atoms. The monoisotopic (exact) mass is 478 g/mol. The van der Waals surface area contributed by atoms with Gasteiger partial charge >= 0.3 is 12.2 Å². The molecular formula is C29H38N2O4. The van der Waals surface area contributed by atoms with Crippen LogP contribution in [0.3, 0.4) is 0 Å². The van der Waals surface area contributed by atoms with Crippen LogP contribution in [0.4, 0.5) is 21.0 Å². The number of rotatable bonds is 6. The fourth-order valence-corrected chi connectivity index (χ4v) is 5.13. The summed E-state index contributed by atoms with van der Waals surface area (Å²) in [6.45, 7) is 4.30. The molecule has 6 nitrogen and oxygen atoms in total. The lowest BCUT2D eigenvalue weighted by Gasteiger charge is -2.28. The zero-order valence-electron chi connectivity index (χ0n) is 20.9. The fraction of sp³-hybridized carbons (Fsp3) is 0.517. The second-order valence-electron chi connectivity index (χ2n) is 10.2. The average Bonchev–Trinajstić information content (AvgIpc) is 2.84. The van der Waals surface area contributed by atoms with Gasteiger partial charge in [0.1, 0.15) is 12.2 Å². The third kappa shape index (κ3) is 7.48. The standard InChI is InChI=1S/C29H38N2O4/c1-20-7-3-5-9-26(20)34-28(32)30-24-15-11-22(12-16-24)19-23-13-17-25(18-14-23)31-29(33)35-27-10-6-4-8-21(27)2/h11-18,20-21,26-27H,3-10,19H2,1-2H3,(H,30,32)(H,31,33)/t20-,21-,26-,27+/m1/s1. The van der Waals surface area contributed by atoms with E-state index in [9.17, 15) is 9.59 Å². The van der Waals surface area contributed by atoms with Gasteiger partial charge in [0.05, 0.1) is 0 Å². The number of hydrogen-bond acceptors (Lipinski definition) is 4. The molecule has 0 aliphatic heterocycles. The first-order valence-electron chi connectivity index (χ1n) is 13.1. The van der Waals surface area contributed by atoms with Crippen molar-refractivity contribution in [3.05, 3.63) is 59.7 Å². The van der Waals surface area contributed by atoms with E-state index in [1.165, 1.54) is 12.8 Å². The van der Waals surface area contributed by atoms with Crippen LogP contribution < -0.4 is 10.6 Å². The lowest BCUT2D eigenvalue weighted by molar-refractivity contribution is 0.0520. The Morgan fingerprint density at radius 3 is 1.40 bits per heavy atom. The molecule has 0 bridgehead atoms. The summed E-state index contributed by atoms with van der Waals surface area (Å²) in [6, 6.07) is 15.6. The van der Waals surface area contributed by atoms with E-state index in [0.717, 1.165) is 67.4 Å². The van der Waals surface area contributed by atoms with E-state index in [1.54, 1.807) is 0 Å². The predicted molar refractivity (Wildman–Crippen MR) is 139 cm³/mol. The van der Waals surface area contributed by atoms with Crippen LogP contribution in [-0.2, 0) is 15.9 Å². The maximum atomic E-state index is 12.3. The fourth-order valence-electron chi connectivity index (χ4n) is 5.13.